The Morgan fingerprint density at radius 3 is 1.67 bits per heavy atom. The van der Waals surface area contributed by atoms with Crippen LogP contribution in [0.1, 0.15) is 67.8 Å². The largest absolute Gasteiger partial charge is 0.491 e. The minimum absolute atomic E-state index is 0.216. The van der Waals surface area contributed by atoms with Crippen LogP contribution in [0.4, 0.5) is 0 Å². The Labute approximate surface area is 235 Å². The van der Waals surface area contributed by atoms with E-state index in [1.165, 1.54) is 50.5 Å². The van der Waals surface area contributed by atoms with Gasteiger partial charge in [0, 0.05) is 0 Å². The van der Waals surface area contributed by atoms with Gasteiger partial charge in [0.2, 0.25) is 0 Å². The van der Waals surface area contributed by atoms with E-state index < -0.39 is 0 Å². The van der Waals surface area contributed by atoms with Crippen LogP contribution in [0.25, 0.3) is 0 Å². The van der Waals surface area contributed by atoms with Crippen LogP contribution in [0.2, 0.25) is 0 Å². The van der Waals surface area contributed by atoms with E-state index in [0.717, 1.165) is 12.2 Å². The fourth-order valence-corrected chi connectivity index (χ4v) is 3.87. The van der Waals surface area contributed by atoms with Crippen molar-refractivity contribution in [1.82, 2.24) is 0 Å². The van der Waals surface area contributed by atoms with E-state index in [0.29, 0.717) is 65.0 Å². The summed E-state index contributed by atoms with van der Waals surface area (Å²) < 4.78 is 32.8. The highest BCUT2D eigenvalue weighted by Crippen LogP contribution is 2.15. The second-order valence-electron chi connectivity index (χ2n) is 9.32. The number of aryl methyl sites for hydroxylation is 1. The minimum atomic E-state index is -0.344. The lowest BCUT2D eigenvalue weighted by Gasteiger charge is -2.09. The third kappa shape index (κ3) is 17.7. The molecule has 0 bridgehead atoms. The zero-order valence-corrected chi connectivity index (χ0v) is 23.8. The summed E-state index contributed by atoms with van der Waals surface area (Å²) in [4.78, 5) is 11.8. The Hall–Kier alpha value is -2.45. The first-order valence-corrected chi connectivity index (χ1v) is 14.5. The van der Waals surface area contributed by atoms with Gasteiger partial charge in [-0.15, -0.1) is 0 Å². The zero-order chi connectivity index (χ0) is 27.6. The highest BCUT2D eigenvalue weighted by Gasteiger charge is 2.05. The molecule has 0 aromatic heterocycles. The standard InChI is InChI=1S/C32H48O7/c1-2-3-4-5-6-7-9-12-29-15-17-31(18-16-29)38-27-25-36-23-21-34-19-20-35-22-24-37-26-28-39-32(33)30-13-10-8-11-14-30/h8,10-11,13-18H,2-7,9,12,19-28H2,1H3. The molecule has 0 N–H and O–H groups in total. The summed E-state index contributed by atoms with van der Waals surface area (Å²) in [6, 6.07) is 17.3. The number of ether oxygens (including phenoxy) is 6. The molecule has 2 aromatic carbocycles. The molecule has 7 heteroatoms. The molecule has 0 radical (unpaired) electrons. The van der Waals surface area contributed by atoms with E-state index >= 15 is 0 Å². The summed E-state index contributed by atoms with van der Waals surface area (Å²) in [6.07, 6.45) is 10.5. The second-order valence-corrected chi connectivity index (χ2v) is 9.32. The maximum atomic E-state index is 11.8. The van der Waals surface area contributed by atoms with Gasteiger partial charge < -0.3 is 28.4 Å². The van der Waals surface area contributed by atoms with Crippen LogP contribution in [0, 0.1) is 0 Å². The van der Waals surface area contributed by atoms with Crippen LogP contribution in [0.15, 0.2) is 54.6 Å². The molecule has 0 atom stereocenters. The Morgan fingerprint density at radius 2 is 1.08 bits per heavy atom. The van der Waals surface area contributed by atoms with Gasteiger partial charge in [-0.05, 0) is 42.7 Å². The molecule has 0 fully saturated rings. The number of rotatable bonds is 25. The number of hydrogen-bond acceptors (Lipinski definition) is 7. The summed E-state index contributed by atoms with van der Waals surface area (Å²) in [5.74, 6) is 0.537. The molecule has 0 saturated carbocycles. The molecule has 0 aliphatic heterocycles. The Balaban J connectivity index is 1.30. The van der Waals surface area contributed by atoms with Crippen LogP contribution in [0.3, 0.4) is 0 Å². The molecule has 0 aliphatic rings. The predicted octanol–water partition coefficient (Wildman–Crippen LogP) is 6.28. The molecule has 0 heterocycles. The number of carbonyl (C=O) groups is 1. The molecular formula is C32H48O7. The number of unbranched alkanes of at least 4 members (excludes halogenated alkanes) is 6. The van der Waals surface area contributed by atoms with Gasteiger partial charge in [0.1, 0.15) is 19.0 Å². The predicted molar refractivity (Wildman–Crippen MR) is 154 cm³/mol. The lowest BCUT2D eigenvalue weighted by molar-refractivity contribution is -0.0107. The van der Waals surface area contributed by atoms with E-state index in [4.69, 9.17) is 28.4 Å². The quantitative estimate of drug-likeness (QED) is 0.108. The van der Waals surface area contributed by atoms with E-state index in [1.54, 1.807) is 24.3 Å². The van der Waals surface area contributed by atoms with Crippen molar-refractivity contribution in [3.63, 3.8) is 0 Å². The van der Waals surface area contributed by atoms with Crippen LogP contribution in [0.5, 0.6) is 5.75 Å². The fourth-order valence-electron chi connectivity index (χ4n) is 3.87. The molecule has 218 valence electrons. The summed E-state index contributed by atoms with van der Waals surface area (Å²) in [6.45, 7) is 6.78. The van der Waals surface area contributed by atoms with Crippen LogP contribution in [-0.2, 0) is 30.1 Å². The maximum Gasteiger partial charge on any atom is 0.338 e. The van der Waals surface area contributed by atoms with Crippen molar-refractivity contribution in [1.29, 1.82) is 0 Å². The number of esters is 1. The second kappa shape index (κ2) is 23.4. The maximum absolute atomic E-state index is 11.8. The third-order valence-corrected chi connectivity index (χ3v) is 6.08. The van der Waals surface area contributed by atoms with Crippen molar-refractivity contribution < 1.29 is 33.2 Å². The van der Waals surface area contributed by atoms with Crippen LogP contribution >= 0.6 is 0 Å². The van der Waals surface area contributed by atoms with Crippen molar-refractivity contribution in [3.05, 3.63) is 65.7 Å². The van der Waals surface area contributed by atoms with Gasteiger partial charge in [-0.25, -0.2) is 4.79 Å². The average molecular weight is 545 g/mol. The SMILES string of the molecule is CCCCCCCCCc1ccc(OCCOCCOCCOCCOCCOC(=O)c2ccccc2)cc1. The summed E-state index contributed by atoms with van der Waals surface area (Å²) in [5.41, 5.74) is 1.91. The smallest absolute Gasteiger partial charge is 0.338 e. The first-order valence-electron chi connectivity index (χ1n) is 14.5. The Kier molecular flexibility index (Phi) is 19.7. The monoisotopic (exact) mass is 544 g/mol. The van der Waals surface area contributed by atoms with Gasteiger partial charge in [0.15, 0.2) is 0 Å². The first kappa shape index (κ1) is 32.8. The van der Waals surface area contributed by atoms with E-state index in [9.17, 15) is 4.79 Å². The van der Waals surface area contributed by atoms with Gasteiger partial charge in [0.05, 0.1) is 58.4 Å². The zero-order valence-electron chi connectivity index (χ0n) is 23.8. The fraction of sp³-hybridized carbons (Fsp3) is 0.594. The lowest BCUT2D eigenvalue weighted by atomic mass is 10.0. The van der Waals surface area contributed by atoms with E-state index in [-0.39, 0.29) is 12.6 Å². The Morgan fingerprint density at radius 1 is 0.564 bits per heavy atom. The van der Waals surface area contributed by atoms with Crippen molar-refractivity contribution in [3.8, 4) is 5.75 Å². The molecule has 2 aromatic rings. The molecule has 0 spiro atoms. The minimum Gasteiger partial charge on any atom is -0.491 e. The third-order valence-electron chi connectivity index (χ3n) is 6.08. The topological polar surface area (TPSA) is 72.5 Å². The highest BCUT2D eigenvalue weighted by atomic mass is 16.6. The Bertz CT molecular complexity index is 826. The van der Waals surface area contributed by atoms with Crippen LogP contribution in [-0.4, -0.2) is 72.0 Å². The summed E-state index contributed by atoms with van der Waals surface area (Å²) >= 11 is 0. The molecular weight excluding hydrogens is 496 g/mol. The van der Waals surface area contributed by atoms with Gasteiger partial charge in [-0.2, -0.15) is 0 Å². The normalized spacial score (nSPS) is 11.0. The average Bonchev–Trinajstić information content (AvgIpc) is 2.97. The van der Waals surface area contributed by atoms with E-state index in [2.05, 4.69) is 19.1 Å². The van der Waals surface area contributed by atoms with E-state index in [1.807, 2.05) is 18.2 Å². The molecule has 0 saturated heterocycles. The summed E-state index contributed by atoms with van der Waals surface area (Å²) in [5, 5.41) is 0. The van der Waals surface area contributed by atoms with Gasteiger partial charge in [-0.3, -0.25) is 0 Å². The first-order chi connectivity index (χ1) is 19.3. The van der Waals surface area contributed by atoms with Gasteiger partial charge in [-0.1, -0.05) is 75.8 Å². The number of carbonyl (C=O) groups excluding carboxylic acids is 1. The molecule has 2 rings (SSSR count). The molecule has 0 aliphatic carbocycles. The van der Waals surface area contributed by atoms with Crippen LogP contribution < -0.4 is 4.74 Å². The molecule has 0 unspecified atom stereocenters. The molecule has 0 amide bonds. The van der Waals surface area contributed by atoms with Gasteiger partial charge >= 0.3 is 5.97 Å². The van der Waals surface area contributed by atoms with Gasteiger partial charge in [0.25, 0.3) is 0 Å². The molecule has 39 heavy (non-hydrogen) atoms. The van der Waals surface area contributed by atoms with Crippen molar-refractivity contribution in [2.24, 2.45) is 0 Å². The highest BCUT2D eigenvalue weighted by molar-refractivity contribution is 5.89. The lowest BCUT2D eigenvalue weighted by Crippen LogP contribution is -2.15. The number of benzene rings is 2. The summed E-state index contributed by atoms with van der Waals surface area (Å²) in [7, 11) is 0. The number of hydrogen-bond donors (Lipinski definition) is 0. The van der Waals surface area contributed by atoms with Crippen molar-refractivity contribution in [2.45, 2.75) is 58.3 Å². The van der Waals surface area contributed by atoms with Crippen molar-refractivity contribution >= 4 is 5.97 Å². The molecule has 7 nitrogen and oxygen atoms in total. The van der Waals surface area contributed by atoms with Crippen molar-refractivity contribution in [2.75, 3.05) is 66.1 Å².